The Bertz CT molecular complexity index is 441. The lowest BCUT2D eigenvalue weighted by atomic mass is 10.1. The van der Waals surface area contributed by atoms with Crippen LogP contribution in [0.2, 0.25) is 0 Å². The third-order valence-corrected chi connectivity index (χ3v) is 2.85. The molecule has 0 saturated carbocycles. The van der Waals surface area contributed by atoms with Crippen LogP contribution in [0, 0.1) is 0 Å². The molecule has 0 radical (unpaired) electrons. The molecule has 19 heavy (non-hydrogen) atoms. The summed E-state index contributed by atoms with van der Waals surface area (Å²) in [6.45, 7) is 3.47. The number of carboxylic acids is 1. The third-order valence-electron chi connectivity index (χ3n) is 2.85. The summed E-state index contributed by atoms with van der Waals surface area (Å²) in [7, 11) is 1.67. The quantitative estimate of drug-likeness (QED) is 0.556. The molecule has 0 spiro atoms. The Morgan fingerprint density at radius 1 is 1.47 bits per heavy atom. The van der Waals surface area contributed by atoms with Gasteiger partial charge in [0.15, 0.2) is 0 Å². The van der Waals surface area contributed by atoms with Gasteiger partial charge in [-0.05, 0) is 36.6 Å². The third kappa shape index (κ3) is 5.57. The van der Waals surface area contributed by atoms with Gasteiger partial charge in [-0.2, -0.15) is 0 Å². The Labute approximate surface area is 114 Å². The van der Waals surface area contributed by atoms with Crippen molar-refractivity contribution >= 4 is 5.97 Å². The van der Waals surface area contributed by atoms with Gasteiger partial charge in [-0.1, -0.05) is 25.1 Å². The first-order valence-corrected chi connectivity index (χ1v) is 6.43. The zero-order valence-corrected chi connectivity index (χ0v) is 11.5. The van der Waals surface area contributed by atoms with Crippen LogP contribution in [0.3, 0.4) is 0 Å². The van der Waals surface area contributed by atoms with Crippen molar-refractivity contribution in [3.05, 3.63) is 41.5 Å². The Hall–Kier alpha value is -1.81. The first-order chi connectivity index (χ1) is 9.17. The van der Waals surface area contributed by atoms with Crippen LogP contribution in [0.15, 0.2) is 30.4 Å². The van der Waals surface area contributed by atoms with E-state index in [1.807, 2.05) is 6.07 Å². The second-order valence-electron chi connectivity index (χ2n) is 4.19. The molecule has 1 aromatic rings. The summed E-state index contributed by atoms with van der Waals surface area (Å²) in [5.41, 5.74) is 2.47. The highest BCUT2D eigenvalue weighted by Crippen LogP contribution is 2.20. The van der Waals surface area contributed by atoms with Crippen molar-refractivity contribution in [2.45, 2.75) is 19.8 Å². The lowest BCUT2D eigenvalue weighted by Crippen LogP contribution is -2.17. The highest BCUT2D eigenvalue weighted by atomic mass is 16.5. The van der Waals surface area contributed by atoms with Gasteiger partial charge < -0.3 is 15.2 Å². The van der Waals surface area contributed by atoms with Gasteiger partial charge in [-0.15, -0.1) is 0 Å². The summed E-state index contributed by atoms with van der Waals surface area (Å²) in [5, 5.41) is 11.6. The van der Waals surface area contributed by atoms with E-state index in [9.17, 15) is 4.79 Å². The molecular formula is C15H21NO3. The number of aliphatic carboxylic acids is 1. The Balaban J connectivity index is 2.45. The topological polar surface area (TPSA) is 58.6 Å². The van der Waals surface area contributed by atoms with E-state index in [1.165, 1.54) is 11.1 Å². The molecule has 0 saturated heterocycles. The van der Waals surface area contributed by atoms with E-state index < -0.39 is 5.97 Å². The number of rotatable bonds is 8. The molecule has 0 aliphatic heterocycles. The number of benzene rings is 1. The van der Waals surface area contributed by atoms with E-state index in [1.54, 1.807) is 13.2 Å². The second-order valence-corrected chi connectivity index (χ2v) is 4.19. The van der Waals surface area contributed by atoms with E-state index in [-0.39, 0.29) is 0 Å². The molecule has 0 amide bonds. The molecule has 0 bridgehead atoms. The first kappa shape index (κ1) is 15.2. The predicted molar refractivity (Wildman–Crippen MR) is 75.7 cm³/mol. The molecule has 0 atom stereocenters. The normalized spacial score (nSPS) is 10.8. The summed E-state index contributed by atoms with van der Waals surface area (Å²) >= 11 is 0. The molecule has 0 aromatic heterocycles. The fraction of sp³-hybridized carbons (Fsp3) is 0.400. The monoisotopic (exact) mass is 263 g/mol. The zero-order valence-electron chi connectivity index (χ0n) is 11.5. The lowest BCUT2D eigenvalue weighted by molar-refractivity contribution is -0.131. The van der Waals surface area contributed by atoms with Crippen molar-refractivity contribution in [3.63, 3.8) is 0 Å². The molecule has 104 valence electrons. The first-order valence-electron chi connectivity index (χ1n) is 6.43. The number of hydrogen-bond donors (Lipinski definition) is 2. The van der Waals surface area contributed by atoms with E-state index in [2.05, 4.69) is 24.4 Å². The van der Waals surface area contributed by atoms with E-state index in [4.69, 9.17) is 9.84 Å². The van der Waals surface area contributed by atoms with Crippen molar-refractivity contribution in [2.75, 3.05) is 20.2 Å². The highest BCUT2D eigenvalue weighted by molar-refractivity contribution is 5.79. The maximum Gasteiger partial charge on any atom is 0.328 e. The van der Waals surface area contributed by atoms with Crippen LogP contribution in [-0.2, 0) is 17.6 Å². The average Bonchev–Trinajstić information content (AvgIpc) is 2.42. The average molecular weight is 263 g/mol. The number of hydrogen-bond acceptors (Lipinski definition) is 3. The van der Waals surface area contributed by atoms with Crippen LogP contribution in [0.5, 0.6) is 5.75 Å². The number of carbonyl (C=O) groups is 1. The molecule has 0 aliphatic carbocycles. The van der Waals surface area contributed by atoms with Gasteiger partial charge in [0.05, 0.1) is 7.11 Å². The van der Waals surface area contributed by atoms with Crippen LogP contribution >= 0.6 is 0 Å². The number of ether oxygens (including phenoxy) is 1. The van der Waals surface area contributed by atoms with Crippen LogP contribution in [0.1, 0.15) is 18.1 Å². The van der Waals surface area contributed by atoms with Crippen molar-refractivity contribution in [1.82, 2.24) is 5.32 Å². The van der Waals surface area contributed by atoms with E-state index >= 15 is 0 Å². The largest absolute Gasteiger partial charge is 0.496 e. The lowest BCUT2D eigenvalue weighted by Gasteiger charge is -2.10. The fourth-order valence-corrected chi connectivity index (χ4v) is 1.82. The van der Waals surface area contributed by atoms with Crippen LogP contribution in [0.4, 0.5) is 0 Å². The summed E-state index contributed by atoms with van der Waals surface area (Å²) in [4.78, 5) is 10.3. The van der Waals surface area contributed by atoms with E-state index in [0.29, 0.717) is 6.54 Å². The molecule has 0 fully saturated rings. The fourth-order valence-electron chi connectivity index (χ4n) is 1.82. The zero-order chi connectivity index (χ0) is 14.1. The molecule has 4 heteroatoms. The Kier molecular flexibility index (Phi) is 6.68. The van der Waals surface area contributed by atoms with Gasteiger partial charge in [0.2, 0.25) is 0 Å². The Morgan fingerprint density at radius 2 is 2.26 bits per heavy atom. The summed E-state index contributed by atoms with van der Waals surface area (Å²) in [5.74, 6) is -0.0146. The molecule has 1 rings (SSSR count). The minimum absolute atomic E-state index is 0.558. The van der Waals surface area contributed by atoms with Crippen LogP contribution in [-0.4, -0.2) is 31.3 Å². The van der Waals surface area contributed by atoms with Gasteiger partial charge >= 0.3 is 5.97 Å². The SMILES string of the molecule is CCc1ccc(OC)c(CCNC/C=C/C(=O)O)c1. The van der Waals surface area contributed by atoms with Crippen LogP contribution < -0.4 is 10.1 Å². The number of carboxylic acid groups (broad SMARTS) is 1. The summed E-state index contributed by atoms with van der Waals surface area (Å²) < 4.78 is 5.34. The number of aryl methyl sites for hydroxylation is 1. The van der Waals surface area contributed by atoms with Gasteiger partial charge in [0, 0.05) is 12.6 Å². The molecule has 1 aromatic carbocycles. The van der Waals surface area contributed by atoms with Gasteiger partial charge in [-0.25, -0.2) is 4.79 Å². The van der Waals surface area contributed by atoms with Gasteiger partial charge in [0.1, 0.15) is 5.75 Å². The predicted octanol–water partition coefficient (Wildman–Crippen LogP) is 2.03. The second kappa shape index (κ2) is 8.32. The molecule has 0 unspecified atom stereocenters. The summed E-state index contributed by atoms with van der Waals surface area (Å²) in [6.07, 6.45) is 4.61. The van der Waals surface area contributed by atoms with E-state index in [0.717, 1.165) is 31.2 Å². The maximum atomic E-state index is 10.3. The van der Waals surface area contributed by atoms with Crippen molar-refractivity contribution < 1.29 is 14.6 Å². The smallest absolute Gasteiger partial charge is 0.328 e. The minimum Gasteiger partial charge on any atom is -0.496 e. The number of methoxy groups -OCH3 is 1. The maximum absolute atomic E-state index is 10.3. The van der Waals surface area contributed by atoms with Crippen molar-refractivity contribution in [2.24, 2.45) is 0 Å². The molecule has 2 N–H and O–H groups in total. The molecule has 4 nitrogen and oxygen atoms in total. The van der Waals surface area contributed by atoms with Crippen molar-refractivity contribution in [3.8, 4) is 5.75 Å². The highest BCUT2D eigenvalue weighted by Gasteiger charge is 2.03. The minimum atomic E-state index is -0.917. The Morgan fingerprint density at radius 3 is 2.89 bits per heavy atom. The summed E-state index contributed by atoms with van der Waals surface area (Å²) in [6, 6.07) is 6.23. The van der Waals surface area contributed by atoms with Gasteiger partial charge in [-0.3, -0.25) is 0 Å². The molecule has 0 heterocycles. The molecule has 0 aliphatic rings. The molecular weight excluding hydrogens is 242 g/mol. The number of nitrogens with one attached hydrogen (secondary N) is 1. The van der Waals surface area contributed by atoms with Gasteiger partial charge in [0.25, 0.3) is 0 Å². The standard InChI is InChI=1S/C15H21NO3/c1-3-12-6-7-14(19-2)13(11-12)8-10-16-9-4-5-15(17)18/h4-7,11,16H,3,8-10H2,1-2H3,(H,17,18)/b5-4+. The van der Waals surface area contributed by atoms with Crippen molar-refractivity contribution in [1.29, 1.82) is 0 Å². The van der Waals surface area contributed by atoms with Crippen LogP contribution in [0.25, 0.3) is 0 Å².